The molecule has 1 aromatic carbocycles. The van der Waals surface area contributed by atoms with Crippen molar-refractivity contribution in [3.05, 3.63) is 39.8 Å². The van der Waals surface area contributed by atoms with Gasteiger partial charge in [0.15, 0.2) is 3.95 Å². The molecule has 1 aromatic heterocycles. The van der Waals surface area contributed by atoms with Gasteiger partial charge in [-0.1, -0.05) is 41.7 Å². The van der Waals surface area contributed by atoms with E-state index >= 15 is 0 Å². The number of anilines is 1. The lowest BCUT2D eigenvalue weighted by molar-refractivity contribution is 0.858. The van der Waals surface area contributed by atoms with Crippen molar-refractivity contribution in [1.29, 1.82) is 0 Å². The molecule has 0 radical (unpaired) electrons. The Morgan fingerprint density at radius 3 is 2.75 bits per heavy atom. The van der Waals surface area contributed by atoms with Crippen LogP contribution < -0.4 is 4.90 Å². The fourth-order valence-electron chi connectivity index (χ4n) is 1.42. The van der Waals surface area contributed by atoms with Crippen LogP contribution in [0.25, 0.3) is 0 Å². The van der Waals surface area contributed by atoms with Gasteiger partial charge in [-0.2, -0.15) is 0 Å². The highest BCUT2D eigenvalue weighted by Crippen LogP contribution is 2.15. The third-order valence-electron chi connectivity index (χ3n) is 2.33. The van der Waals surface area contributed by atoms with E-state index in [9.17, 15) is 0 Å². The lowest BCUT2D eigenvalue weighted by atomic mass is 10.1. The highest BCUT2D eigenvalue weighted by atomic mass is 32.1. The van der Waals surface area contributed by atoms with Crippen LogP contribution in [0.15, 0.2) is 30.3 Å². The van der Waals surface area contributed by atoms with Gasteiger partial charge in [-0.15, -0.1) is 5.10 Å². The molecule has 0 aliphatic heterocycles. The molecular formula is C11H13N3S2. The van der Waals surface area contributed by atoms with Crippen molar-refractivity contribution in [1.82, 2.24) is 10.2 Å². The normalized spacial score (nSPS) is 10.3. The number of rotatable bonds is 4. The van der Waals surface area contributed by atoms with E-state index in [-0.39, 0.29) is 0 Å². The first-order valence-electron chi connectivity index (χ1n) is 5.06. The van der Waals surface area contributed by atoms with Gasteiger partial charge < -0.3 is 4.90 Å². The van der Waals surface area contributed by atoms with E-state index in [4.69, 9.17) is 12.2 Å². The zero-order chi connectivity index (χ0) is 11.4. The molecule has 0 fully saturated rings. The molecule has 3 nitrogen and oxygen atoms in total. The Hall–Kier alpha value is -1.20. The summed E-state index contributed by atoms with van der Waals surface area (Å²) in [5, 5.41) is 7.88. The van der Waals surface area contributed by atoms with Crippen molar-refractivity contribution in [2.24, 2.45) is 0 Å². The highest BCUT2D eigenvalue weighted by Gasteiger charge is 2.04. The van der Waals surface area contributed by atoms with Gasteiger partial charge in [0.25, 0.3) is 0 Å². The number of benzene rings is 1. The zero-order valence-electron chi connectivity index (χ0n) is 9.01. The van der Waals surface area contributed by atoms with E-state index in [0.29, 0.717) is 0 Å². The number of aromatic amines is 1. The quantitative estimate of drug-likeness (QED) is 0.848. The fourth-order valence-corrected chi connectivity index (χ4v) is 2.29. The molecule has 0 bridgehead atoms. The van der Waals surface area contributed by atoms with E-state index in [0.717, 1.165) is 22.1 Å². The number of H-pyrrole nitrogens is 1. The van der Waals surface area contributed by atoms with Crippen molar-refractivity contribution >= 4 is 28.7 Å². The first kappa shape index (κ1) is 11.3. The lowest BCUT2D eigenvalue weighted by Crippen LogP contribution is -2.20. The van der Waals surface area contributed by atoms with Crippen molar-refractivity contribution in [2.75, 3.05) is 18.5 Å². The average Bonchev–Trinajstić information content (AvgIpc) is 2.74. The monoisotopic (exact) mass is 251 g/mol. The van der Waals surface area contributed by atoms with Gasteiger partial charge in [-0.05, 0) is 24.2 Å². The summed E-state index contributed by atoms with van der Waals surface area (Å²) in [4.78, 5) is 2.12. The lowest BCUT2D eigenvalue weighted by Gasteiger charge is -2.14. The maximum atomic E-state index is 5.00. The molecule has 1 heterocycles. The molecule has 0 unspecified atom stereocenters. The van der Waals surface area contributed by atoms with E-state index in [1.54, 1.807) is 0 Å². The van der Waals surface area contributed by atoms with Crippen LogP contribution in [0.3, 0.4) is 0 Å². The maximum absolute atomic E-state index is 5.00. The number of nitrogens with zero attached hydrogens (tertiary/aromatic N) is 2. The topological polar surface area (TPSA) is 31.9 Å². The van der Waals surface area contributed by atoms with Crippen molar-refractivity contribution in [2.45, 2.75) is 6.42 Å². The Kier molecular flexibility index (Phi) is 3.69. The highest BCUT2D eigenvalue weighted by molar-refractivity contribution is 7.73. The summed E-state index contributed by atoms with van der Waals surface area (Å²) in [6.45, 7) is 0.945. The van der Waals surface area contributed by atoms with Crippen LogP contribution in [-0.4, -0.2) is 23.8 Å². The second-order valence-electron chi connectivity index (χ2n) is 3.55. The number of hydrogen-bond donors (Lipinski definition) is 1. The first-order valence-corrected chi connectivity index (χ1v) is 6.29. The molecule has 16 heavy (non-hydrogen) atoms. The summed E-state index contributed by atoms with van der Waals surface area (Å²) in [6.07, 6.45) is 1.02. The van der Waals surface area contributed by atoms with Crippen molar-refractivity contribution < 1.29 is 0 Å². The molecule has 2 rings (SSSR count). The first-order chi connectivity index (χ1) is 7.75. The Morgan fingerprint density at radius 2 is 2.12 bits per heavy atom. The zero-order valence-corrected chi connectivity index (χ0v) is 10.6. The van der Waals surface area contributed by atoms with Gasteiger partial charge in [0.2, 0.25) is 5.13 Å². The third kappa shape index (κ3) is 2.90. The molecule has 0 spiro atoms. The molecule has 0 aliphatic rings. The van der Waals surface area contributed by atoms with Crippen LogP contribution >= 0.6 is 23.6 Å². The van der Waals surface area contributed by atoms with Gasteiger partial charge in [0.1, 0.15) is 0 Å². The van der Waals surface area contributed by atoms with Crippen LogP contribution in [0.5, 0.6) is 0 Å². The van der Waals surface area contributed by atoms with Crippen LogP contribution in [0.1, 0.15) is 5.56 Å². The predicted molar refractivity (Wildman–Crippen MR) is 70.7 cm³/mol. The second-order valence-corrected chi connectivity index (χ2v) is 5.20. The Morgan fingerprint density at radius 1 is 1.38 bits per heavy atom. The third-order valence-corrected chi connectivity index (χ3v) is 3.54. The largest absolute Gasteiger partial charge is 0.349 e. The van der Waals surface area contributed by atoms with Gasteiger partial charge in [0.05, 0.1) is 0 Å². The molecule has 0 amide bonds. The Bertz CT molecular complexity index is 489. The molecule has 0 atom stereocenters. The van der Waals surface area contributed by atoms with Crippen molar-refractivity contribution in [3.63, 3.8) is 0 Å². The minimum absolute atomic E-state index is 0.724. The average molecular weight is 251 g/mol. The summed E-state index contributed by atoms with van der Waals surface area (Å²) >= 11 is 6.51. The number of likely N-dealkylation sites (N-methyl/N-ethyl adjacent to an activating group) is 1. The molecule has 84 valence electrons. The SMILES string of the molecule is CN(CCc1ccccc1)c1n[nH]c(=S)s1. The van der Waals surface area contributed by atoms with E-state index in [1.807, 2.05) is 13.1 Å². The van der Waals surface area contributed by atoms with Gasteiger partial charge in [0, 0.05) is 13.6 Å². The summed E-state index contributed by atoms with van der Waals surface area (Å²) in [5.74, 6) is 0. The standard InChI is InChI=1S/C11H13N3S2/c1-14(10-12-13-11(15)16-10)8-7-9-5-3-2-4-6-9/h2-6H,7-8H2,1H3,(H,13,15). The smallest absolute Gasteiger partial charge is 0.206 e. The summed E-state index contributed by atoms with van der Waals surface area (Å²) < 4.78 is 0.724. The molecule has 2 aromatic rings. The van der Waals surface area contributed by atoms with Crippen LogP contribution in [-0.2, 0) is 6.42 Å². The Balaban J connectivity index is 1.94. The van der Waals surface area contributed by atoms with E-state index in [2.05, 4.69) is 39.4 Å². The van der Waals surface area contributed by atoms with Crippen molar-refractivity contribution in [3.8, 4) is 0 Å². The fraction of sp³-hybridized carbons (Fsp3) is 0.273. The molecule has 0 aliphatic carbocycles. The van der Waals surface area contributed by atoms with Crippen LogP contribution in [0, 0.1) is 3.95 Å². The maximum Gasteiger partial charge on any atom is 0.206 e. The minimum atomic E-state index is 0.724. The van der Waals surface area contributed by atoms with E-state index in [1.165, 1.54) is 16.9 Å². The molecule has 0 saturated heterocycles. The number of nitrogens with one attached hydrogen (secondary N) is 1. The summed E-state index contributed by atoms with van der Waals surface area (Å²) in [6, 6.07) is 10.4. The Labute approximate surface area is 104 Å². The summed E-state index contributed by atoms with van der Waals surface area (Å²) in [7, 11) is 2.03. The second kappa shape index (κ2) is 5.23. The van der Waals surface area contributed by atoms with Crippen LogP contribution in [0.2, 0.25) is 0 Å². The molecular weight excluding hydrogens is 238 g/mol. The molecule has 0 saturated carbocycles. The number of aromatic nitrogens is 2. The number of hydrogen-bond acceptors (Lipinski definition) is 4. The molecule has 5 heteroatoms. The van der Waals surface area contributed by atoms with Gasteiger partial charge in [-0.25, -0.2) is 0 Å². The van der Waals surface area contributed by atoms with E-state index < -0.39 is 0 Å². The summed E-state index contributed by atoms with van der Waals surface area (Å²) in [5.41, 5.74) is 1.34. The molecule has 1 N–H and O–H groups in total. The van der Waals surface area contributed by atoms with Crippen LogP contribution in [0.4, 0.5) is 5.13 Å². The predicted octanol–water partition coefficient (Wildman–Crippen LogP) is 2.88. The minimum Gasteiger partial charge on any atom is -0.349 e. The van der Waals surface area contributed by atoms with Gasteiger partial charge >= 0.3 is 0 Å². The van der Waals surface area contributed by atoms with Gasteiger partial charge in [-0.3, -0.25) is 5.10 Å².